The lowest BCUT2D eigenvalue weighted by Crippen LogP contribution is -2.18. The van der Waals surface area contributed by atoms with Crippen LogP contribution >= 0.6 is 11.3 Å². The lowest BCUT2D eigenvalue weighted by atomic mass is 10.3. The highest BCUT2D eigenvalue weighted by Gasteiger charge is 2.09. The molecule has 0 aromatic carbocycles. The van der Waals surface area contributed by atoms with Crippen LogP contribution in [0.4, 0.5) is 0 Å². The topological polar surface area (TPSA) is 43.1 Å². The molecule has 1 aromatic rings. The molecule has 0 aliphatic rings. The summed E-state index contributed by atoms with van der Waals surface area (Å²) in [4.78, 5) is 0. The Labute approximate surface area is 92.0 Å². The molecule has 0 fully saturated rings. The summed E-state index contributed by atoms with van der Waals surface area (Å²) in [7, 11) is -0.725. The van der Waals surface area contributed by atoms with Crippen LogP contribution in [0.5, 0.6) is 0 Å². The van der Waals surface area contributed by atoms with Crippen molar-refractivity contribution in [3.8, 4) is 0 Å². The quantitative estimate of drug-likeness (QED) is 0.811. The smallest absolute Gasteiger partial charge is 0.0331 e. The number of nitrogens with two attached hydrogens (primary N) is 1. The molecule has 0 radical (unpaired) electrons. The van der Waals surface area contributed by atoms with E-state index in [1.165, 1.54) is 5.56 Å². The molecule has 2 N–H and O–H groups in total. The first-order chi connectivity index (χ1) is 6.74. The molecule has 0 aliphatic carbocycles. The molecule has 0 spiro atoms. The third-order valence-corrected chi connectivity index (χ3v) is 4.67. The molecule has 1 heterocycles. The van der Waals surface area contributed by atoms with Crippen molar-refractivity contribution in [2.75, 3.05) is 12.3 Å². The van der Waals surface area contributed by atoms with Gasteiger partial charge in [-0.05, 0) is 41.8 Å². The van der Waals surface area contributed by atoms with Crippen LogP contribution in [0.2, 0.25) is 0 Å². The summed E-state index contributed by atoms with van der Waals surface area (Å²) in [6, 6.07) is 2.09. The molecule has 2 unspecified atom stereocenters. The van der Waals surface area contributed by atoms with Crippen molar-refractivity contribution in [1.82, 2.24) is 0 Å². The van der Waals surface area contributed by atoms with Gasteiger partial charge in [0.15, 0.2) is 0 Å². The van der Waals surface area contributed by atoms with Gasteiger partial charge in [-0.2, -0.15) is 11.3 Å². The van der Waals surface area contributed by atoms with Crippen LogP contribution in [-0.2, 0) is 17.2 Å². The van der Waals surface area contributed by atoms with Crippen molar-refractivity contribution >= 4 is 22.1 Å². The largest absolute Gasteiger partial charge is 0.330 e. The fraction of sp³-hybridized carbons (Fsp3) is 0.600. The highest BCUT2D eigenvalue weighted by atomic mass is 32.2. The zero-order valence-corrected chi connectivity index (χ0v) is 10.1. The molecular weight excluding hydrogens is 214 g/mol. The number of hydrogen-bond donors (Lipinski definition) is 1. The maximum Gasteiger partial charge on any atom is 0.0331 e. The van der Waals surface area contributed by atoms with Crippen LogP contribution in [0, 0.1) is 0 Å². The minimum atomic E-state index is -0.725. The Morgan fingerprint density at radius 1 is 1.64 bits per heavy atom. The Morgan fingerprint density at radius 2 is 2.43 bits per heavy atom. The second-order valence-corrected chi connectivity index (χ2v) is 6.11. The van der Waals surface area contributed by atoms with E-state index in [1.54, 1.807) is 11.3 Å². The van der Waals surface area contributed by atoms with E-state index < -0.39 is 10.8 Å². The SMILES string of the molecule is CC(CCN)S(=O)CCc1ccsc1. The van der Waals surface area contributed by atoms with Crippen molar-refractivity contribution in [3.63, 3.8) is 0 Å². The number of aryl methyl sites for hydroxylation is 1. The average molecular weight is 231 g/mol. The minimum Gasteiger partial charge on any atom is -0.330 e. The fourth-order valence-corrected chi connectivity index (χ4v) is 3.16. The molecule has 0 amide bonds. The molecule has 0 bridgehead atoms. The van der Waals surface area contributed by atoms with E-state index in [0.717, 1.165) is 18.6 Å². The van der Waals surface area contributed by atoms with E-state index in [4.69, 9.17) is 5.73 Å². The summed E-state index contributed by atoms with van der Waals surface area (Å²) in [5.74, 6) is 0.762. The second kappa shape index (κ2) is 6.32. The standard InChI is InChI=1S/C10H17NOS2/c1-9(2-5-11)14(12)7-4-10-3-6-13-8-10/h3,6,8-9H,2,4-5,7,11H2,1H3. The van der Waals surface area contributed by atoms with Crippen LogP contribution in [0.15, 0.2) is 16.8 Å². The van der Waals surface area contributed by atoms with Crippen LogP contribution in [0.3, 0.4) is 0 Å². The summed E-state index contributed by atoms with van der Waals surface area (Å²) in [6.45, 7) is 2.64. The number of rotatable bonds is 6. The van der Waals surface area contributed by atoms with Crippen molar-refractivity contribution in [2.24, 2.45) is 5.73 Å². The maximum atomic E-state index is 11.7. The van der Waals surface area contributed by atoms with Crippen molar-refractivity contribution in [3.05, 3.63) is 22.4 Å². The van der Waals surface area contributed by atoms with Gasteiger partial charge in [-0.15, -0.1) is 0 Å². The average Bonchev–Trinajstić information content (AvgIpc) is 2.67. The molecule has 14 heavy (non-hydrogen) atoms. The van der Waals surface area contributed by atoms with Crippen molar-refractivity contribution in [2.45, 2.75) is 25.0 Å². The van der Waals surface area contributed by atoms with E-state index in [2.05, 4.69) is 16.8 Å². The van der Waals surface area contributed by atoms with Gasteiger partial charge in [0.2, 0.25) is 0 Å². The van der Waals surface area contributed by atoms with E-state index in [0.29, 0.717) is 6.54 Å². The Balaban J connectivity index is 2.27. The van der Waals surface area contributed by atoms with Crippen molar-refractivity contribution in [1.29, 1.82) is 0 Å². The van der Waals surface area contributed by atoms with E-state index >= 15 is 0 Å². The summed E-state index contributed by atoms with van der Waals surface area (Å²) >= 11 is 1.69. The van der Waals surface area contributed by atoms with Gasteiger partial charge in [-0.25, -0.2) is 0 Å². The number of hydrogen-bond acceptors (Lipinski definition) is 3. The summed E-state index contributed by atoms with van der Waals surface area (Å²) in [5, 5.41) is 4.41. The first-order valence-corrected chi connectivity index (χ1v) is 7.15. The lowest BCUT2D eigenvalue weighted by molar-refractivity contribution is 0.665. The highest BCUT2D eigenvalue weighted by molar-refractivity contribution is 7.85. The zero-order valence-electron chi connectivity index (χ0n) is 8.44. The monoisotopic (exact) mass is 231 g/mol. The Hall–Kier alpha value is -0.190. The molecule has 4 heteroatoms. The molecule has 0 aliphatic heterocycles. The normalized spacial score (nSPS) is 15.3. The first-order valence-electron chi connectivity index (χ1n) is 4.82. The van der Waals surface area contributed by atoms with Gasteiger partial charge < -0.3 is 5.73 Å². The minimum absolute atomic E-state index is 0.235. The highest BCUT2D eigenvalue weighted by Crippen LogP contribution is 2.09. The molecule has 0 saturated carbocycles. The zero-order chi connectivity index (χ0) is 10.4. The van der Waals surface area contributed by atoms with E-state index in [9.17, 15) is 4.21 Å². The molecule has 80 valence electrons. The Kier molecular flexibility index (Phi) is 5.37. The van der Waals surface area contributed by atoms with Crippen LogP contribution in [0.1, 0.15) is 18.9 Å². The van der Waals surface area contributed by atoms with Gasteiger partial charge in [-0.1, -0.05) is 6.92 Å². The van der Waals surface area contributed by atoms with Crippen LogP contribution in [0.25, 0.3) is 0 Å². The van der Waals surface area contributed by atoms with Crippen LogP contribution < -0.4 is 5.73 Å². The molecule has 1 rings (SSSR count). The van der Waals surface area contributed by atoms with E-state index in [1.807, 2.05) is 6.92 Å². The Bertz CT molecular complexity index is 272. The Morgan fingerprint density at radius 3 is 3.00 bits per heavy atom. The van der Waals surface area contributed by atoms with Gasteiger partial charge in [-0.3, -0.25) is 4.21 Å². The fourth-order valence-electron chi connectivity index (χ4n) is 1.22. The molecular formula is C10H17NOS2. The van der Waals surface area contributed by atoms with E-state index in [-0.39, 0.29) is 5.25 Å². The van der Waals surface area contributed by atoms with Gasteiger partial charge >= 0.3 is 0 Å². The molecule has 1 aromatic heterocycles. The maximum absolute atomic E-state index is 11.7. The summed E-state index contributed by atoms with van der Waals surface area (Å²) in [6.07, 6.45) is 1.78. The molecule has 2 atom stereocenters. The van der Waals surface area contributed by atoms with Gasteiger partial charge in [0, 0.05) is 21.8 Å². The van der Waals surface area contributed by atoms with Gasteiger partial charge in [0.1, 0.15) is 0 Å². The van der Waals surface area contributed by atoms with Gasteiger partial charge in [0.05, 0.1) is 0 Å². The number of thiophene rings is 1. The van der Waals surface area contributed by atoms with Crippen molar-refractivity contribution < 1.29 is 4.21 Å². The first kappa shape index (κ1) is 11.9. The predicted molar refractivity (Wildman–Crippen MR) is 64.2 cm³/mol. The lowest BCUT2D eigenvalue weighted by Gasteiger charge is -2.08. The second-order valence-electron chi connectivity index (χ2n) is 3.35. The molecule has 0 saturated heterocycles. The summed E-state index contributed by atoms with van der Waals surface area (Å²) in [5.41, 5.74) is 6.72. The van der Waals surface area contributed by atoms with Crippen LogP contribution in [-0.4, -0.2) is 21.8 Å². The third kappa shape index (κ3) is 3.90. The van der Waals surface area contributed by atoms with Gasteiger partial charge in [0.25, 0.3) is 0 Å². The molecule has 2 nitrogen and oxygen atoms in total. The predicted octanol–water partition coefficient (Wildman–Crippen LogP) is 1.78. The summed E-state index contributed by atoms with van der Waals surface area (Å²) < 4.78 is 11.7. The third-order valence-electron chi connectivity index (χ3n) is 2.19.